The van der Waals surface area contributed by atoms with Gasteiger partial charge in [0.2, 0.25) is 11.8 Å². The summed E-state index contributed by atoms with van der Waals surface area (Å²) in [5.74, 6) is 0.101. The molecule has 1 unspecified atom stereocenters. The highest BCUT2D eigenvalue weighted by atomic mass is 16.5. The molecule has 0 radical (unpaired) electrons. The summed E-state index contributed by atoms with van der Waals surface area (Å²) in [5.41, 5.74) is -0.634. The number of carbonyl (C=O) groups is 2. The summed E-state index contributed by atoms with van der Waals surface area (Å²) in [5, 5.41) is 3.00. The van der Waals surface area contributed by atoms with Crippen molar-refractivity contribution in [1.29, 1.82) is 0 Å². The van der Waals surface area contributed by atoms with Crippen LogP contribution in [0.5, 0.6) is 0 Å². The van der Waals surface area contributed by atoms with E-state index in [4.69, 9.17) is 4.74 Å². The Morgan fingerprint density at radius 2 is 2.00 bits per heavy atom. The number of amides is 2. The van der Waals surface area contributed by atoms with Crippen LogP contribution in [0.25, 0.3) is 0 Å². The first-order valence-electron chi connectivity index (χ1n) is 8.29. The maximum absolute atomic E-state index is 12.9. The third kappa shape index (κ3) is 3.76. The molecule has 2 amide bonds. The molecule has 1 N–H and O–H groups in total. The third-order valence-corrected chi connectivity index (χ3v) is 4.64. The first kappa shape index (κ1) is 16.3. The van der Waals surface area contributed by atoms with Crippen molar-refractivity contribution in [3.05, 3.63) is 0 Å². The molecule has 1 heterocycles. The normalized spacial score (nSPS) is 25.2. The van der Waals surface area contributed by atoms with Gasteiger partial charge in [0, 0.05) is 25.6 Å². The fourth-order valence-corrected chi connectivity index (χ4v) is 3.38. The average molecular weight is 296 g/mol. The van der Waals surface area contributed by atoms with Crippen molar-refractivity contribution >= 4 is 11.8 Å². The second kappa shape index (κ2) is 7.25. The van der Waals surface area contributed by atoms with Gasteiger partial charge in [0.05, 0.1) is 6.61 Å². The smallest absolute Gasteiger partial charge is 0.248 e. The molecule has 5 nitrogen and oxygen atoms in total. The van der Waals surface area contributed by atoms with E-state index in [1.807, 2.05) is 11.8 Å². The van der Waals surface area contributed by atoms with Crippen LogP contribution in [-0.4, -0.2) is 48.1 Å². The number of rotatable bonds is 6. The van der Waals surface area contributed by atoms with Gasteiger partial charge in [0.15, 0.2) is 0 Å². The molecular weight excluding hydrogens is 268 g/mol. The van der Waals surface area contributed by atoms with Crippen molar-refractivity contribution in [3.8, 4) is 0 Å². The fraction of sp³-hybridized carbons (Fsp3) is 0.875. The SMILES string of the molecule is CCCCOCCN1C(=O)C2(CCCC2)NC(=O)CC1C. The highest BCUT2D eigenvalue weighted by Gasteiger charge is 2.47. The molecule has 1 atom stereocenters. The highest BCUT2D eigenvalue weighted by molar-refractivity contribution is 5.94. The van der Waals surface area contributed by atoms with Crippen LogP contribution in [0.3, 0.4) is 0 Å². The standard InChI is InChI=1S/C16H28N2O3/c1-3-4-10-21-11-9-18-13(2)12-14(19)17-16(15(18)20)7-5-6-8-16/h13H,3-12H2,1-2H3,(H,17,19). The Kier molecular flexibility index (Phi) is 5.62. The number of hydrogen-bond donors (Lipinski definition) is 1. The van der Waals surface area contributed by atoms with E-state index in [1.165, 1.54) is 0 Å². The minimum absolute atomic E-state index is 0.00662. The molecule has 2 aliphatic rings. The molecule has 2 fully saturated rings. The summed E-state index contributed by atoms with van der Waals surface area (Å²) in [6.07, 6.45) is 6.13. The summed E-state index contributed by atoms with van der Waals surface area (Å²) in [6, 6.07) is -0.0488. The minimum Gasteiger partial charge on any atom is -0.380 e. The summed E-state index contributed by atoms with van der Waals surface area (Å²) in [4.78, 5) is 26.8. The van der Waals surface area contributed by atoms with E-state index in [9.17, 15) is 9.59 Å². The average Bonchev–Trinajstić information content (AvgIpc) is 2.88. The van der Waals surface area contributed by atoms with Crippen molar-refractivity contribution in [2.75, 3.05) is 19.8 Å². The van der Waals surface area contributed by atoms with Crippen LogP contribution in [0.4, 0.5) is 0 Å². The molecule has 1 saturated heterocycles. The lowest BCUT2D eigenvalue weighted by Crippen LogP contribution is -2.56. The third-order valence-electron chi connectivity index (χ3n) is 4.64. The molecule has 0 aromatic heterocycles. The van der Waals surface area contributed by atoms with Gasteiger partial charge in [-0.1, -0.05) is 26.2 Å². The second-order valence-corrected chi connectivity index (χ2v) is 6.36. The molecule has 21 heavy (non-hydrogen) atoms. The van der Waals surface area contributed by atoms with E-state index in [2.05, 4.69) is 12.2 Å². The number of carbonyl (C=O) groups excluding carboxylic acids is 2. The number of unbranched alkanes of at least 4 members (excludes halogenated alkanes) is 1. The number of hydrogen-bond acceptors (Lipinski definition) is 3. The first-order chi connectivity index (χ1) is 10.1. The Bertz CT molecular complexity index is 378. The minimum atomic E-state index is -0.634. The van der Waals surface area contributed by atoms with Crippen molar-refractivity contribution in [2.24, 2.45) is 0 Å². The van der Waals surface area contributed by atoms with Gasteiger partial charge >= 0.3 is 0 Å². The van der Waals surface area contributed by atoms with Crippen LogP contribution in [0.2, 0.25) is 0 Å². The van der Waals surface area contributed by atoms with E-state index in [0.29, 0.717) is 19.6 Å². The Hall–Kier alpha value is -1.10. The zero-order chi connectivity index (χ0) is 15.3. The maximum atomic E-state index is 12.9. The summed E-state index contributed by atoms with van der Waals surface area (Å²) in [6.45, 7) is 5.97. The largest absolute Gasteiger partial charge is 0.380 e. The van der Waals surface area contributed by atoms with Gasteiger partial charge < -0.3 is 15.0 Å². The molecule has 1 aliphatic carbocycles. The molecule has 2 rings (SSSR count). The van der Waals surface area contributed by atoms with Crippen LogP contribution >= 0.6 is 0 Å². The fourth-order valence-electron chi connectivity index (χ4n) is 3.38. The predicted octanol–water partition coefficient (Wildman–Crippen LogP) is 1.85. The van der Waals surface area contributed by atoms with E-state index >= 15 is 0 Å². The molecule has 1 aliphatic heterocycles. The molecule has 1 spiro atoms. The van der Waals surface area contributed by atoms with Crippen molar-refractivity contribution in [1.82, 2.24) is 10.2 Å². The number of nitrogens with zero attached hydrogens (tertiary/aromatic N) is 1. The maximum Gasteiger partial charge on any atom is 0.248 e. The van der Waals surface area contributed by atoms with Crippen LogP contribution in [0.15, 0.2) is 0 Å². The first-order valence-corrected chi connectivity index (χ1v) is 8.29. The highest BCUT2D eigenvalue weighted by Crippen LogP contribution is 2.34. The van der Waals surface area contributed by atoms with Gasteiger partial charge in [0.25, 0.3) is 0 Å². The van der Waals surface area contributed by atoms with Crippen LogP contribution in [-0.2, 0) is 14.3 Å². The van der Waals surface area contributed by atoms with Gasteiger partial charge in [-0.25, -0.2) is 0 Å². The van der Waals surface area contributed by atoms with E-state index < -0.39 is 5.54 Å². The molecule has 5 heteroatoms. The lowest BCUT2D eigenvalue weighted by molar-refractivity contribution is -0.140. The Morgan fingerprint density at radius 3 is 2.67 bits per heavy atom. The Labute approximate surface area is 127 Å². The van der Waals surface area contributed by atoms with Gasteiger partial charge in [-0.3, -0.25) is 9.59 Å². The summed E-state index contributed by atoms with van der Waals surface area (Å²) >= 11 is 0. The quantitative estimate of drug-likeness (QED) is 0.761. The number of nitrogens with one attached hydrogen (secondary N) is 1. The van der Waals surface area contributed by atoms with E-state index in [1.54, 1.807) is 0 Å². The molecular formula is C16H28N2O3. The second-order valence-electron chi connectivity index (χ2n) is 6.36. The molecule has 120 valence electrons. The van der Waals surface area contributed by atoms with E-state index in [0.717, 1.165) is 45.1 Å². The lowest BCUT2D eigenvalue weighted by atomic mass is 9.95. The monoisotopic (exact) mass is 296 g/mol. The van der Waals surface area contributed by atoms with Gasteiger partial charge in [-0.15, -0.1) is 0 Å². The van der Waals surface area contributed by atoms with Gasteiger partial charge in [-0.2, -0.15) is 0 Å². The zero-order valence-electron chi connectivity index (χ0n) is 13.3. The molecule has 0 bridgehead atoms. The molecule has 0 aromatic rings. The van der Waals surface area contributed by atoms with Crippen LogP contribution < -0.4 is 5.32 Å². The predicted molar refractivity (Wildman–Crippen MR) is 80.9 cm³/mol. The molecule has 1 saturated carbocycles. The van der Waals surface area contributed by atoms with Gasteiger partial charge in [0.1, 0.15) is 5.54 Å². The summed E-state index contributed by atoms with van der Waals surface area (Å²) in [7, 11) is 0. The van der Waals surface area contributed by atoms with E-state index in [-0.39, 0.29) is 17.9 Å². The Morgan fingerprint density at radius 1 is 1.29 bits per heavy atom. The Balaban J connectivity index is 1.99. The van der Waals surface area contributed by atoms with Crippen LogP contribution in [0, 0.1) is 0 Å². The van der Waals surface area contributed by atoms with Crippen molar-refractivity contribution < 1.29 is 14.3 Å². The zero-order valence-corrected chi connectivity index (χ0v) is 13.3. The van der Waals surface area contributed by atoms with Crippen molar-refractivity contribution in [3.63, 3.8) is 0 Å². The summed E-state index contributed by atoms with van der Waals surface area (Å²) < 4.78 is 5.59. The van der Waals surface area contributed by atoms with Crippen molar-refractivity contribution in [2.45, 2.75) is 70.4 Å². The molecule has 0 aromatic carbocycles. The number of ether oxygens (including phenoxy) is 1. The van der Waals surface area contributed by atoms with Crippen LogP contribution in [0.1, 0.15) is 58.8 Å². The topological polar surface area (TPSA) is 58.6 Å². The lowest BCUT2D eigenvalue weighted by Gasteiger charge is -2.34. The van der Waals surface area contributed by atoms with Gasteiger partial charge in [-0.05, 0) is 26.2 Å².